The van der Waals surface area contributed by atoms with Gasteiger partial charge in [-0.1, -0.05) is 28.1 Å². The van der Waals surface area contributed by atoms with Crippen molar-refractivity contribution in [2.45, 2.75) is 27.4 Å². The summed E-state index contributed by atoms with van der Waals surface area (Å²) in [5, 5.41) is 20.4. The minimum absolute atomic E-state index is 0.197. The smallest absolute Gasteiger partial charge is 0.340 e. The highest BCUT2D eigenvalue weighted by Gasteiger charge is 2.34. The van der Waals surface area contributed by atoms with Gasteiger partial charge in [0.05, 0.1) is 16.7 Å². The first-order chi connectivity index (χ1) is 13.5. The highest BCUT2D eigenvalue weighted by Crippen LogP contribution is 2.45. The van der Waals surface area contributed by atoms with E-state index in [0.29, 0.717) is 5.56 Å². The van der Waals surface area contributed by atoms with Crippen molar-refractivity contribution in [2.75, 3.05) is 0 Å². The number of ketones is 2. The van der Waals surface area contributed by atoms with Gasteiger partial charge in [0.15, 0.2) is 23.1 Å². The molecule has 8 nitrogen and oxygen atoms in total. The maximum absolute atomic E-state index is 12.8. The zero-order chi connectivity index (χ0) is 21.9. The summed E-state index contributed by atoms with van der Waals surface area (Å²) in [4.78, 5) is 48.5. The Morgan fingerprint density at radius 3 is 2.07 bits per heavy atom. The standard InChI is InChI=1S/C20H17BrO8/c1-9(22)14-16(20(27)28-8-12-5-4-6-13(21)7-12)15(10(2)23)19(29-11(3)24)18(26)17(14)25/h4-7,25-26H,8H2,1-3H3. The summed E-state index contributed by atoms with van der Waals surface area (Å²) in [6, 6.07) is 6.88. The second kappa shape index (κ2) is 8.87. The van der Waals surface area contributed by atoms with Crippen LogP contribution in [0.3, 0.4) is 0 Å². The highest BCUT2D eigenvalue weighted by atomic mass is 79.9. The number of phenols is 2. The molecule has 0 heterocycles. The van der Waals surface area contributed by atoms with Gasteiger partial charge < -0.3 is 19.7 Å². The number of carbonyl (C=O) groups is 4. The summed E-state index contributed by atoms with van der Waals surface area (Å²) in [6.07, 6.45) is 0. The molecule has 2 N–H and O–H groups in total. The Bertz CT molecular complexity index is 1030. The normalized spacial score (nSPS) is 10.3. The van der Waals surface area contributed by atoms with E-state index in [9.17, 15) is 29.4 Å². The quantitative estimate of drug-likeness (QED) is 0.287. The fourth-order valence-corrected chi connectivity index (χ4v) is 3.12. The SMILES string of the molecule is CC(=O)Oc1c(O)c(O)c(C(C)=O)c(C(=O)OCc2cccc(Br)c2)c1C(C)=O. The summed E-state index contributed by atoms with van der Waals surface area (Å²) >= 11 is 3.29. The first-order valence-electron chi connectivity index (χ1n) is 8.28. The number of phenolic OH excluding ortho intramolecular Hbond substituents is 2. The number of aromatic hydroxyl groups is 2. The zero-order valence-electron chi connectivity index (χ0n) is 15.7. The third kappa shape index (κ3) is 4.80. The first kappa shape index (κ1) is 22.1. The predicted molar refractivity (Wildman–Crippen MR) is 104 cm³/mol. The van der Waals surface area contributed by atoms with Gasteiger partial charge in [-0.3, -0.25) is 14.4 Å². The number of esters is 2. The summed E-state index contributed by atoms with van der Waals surface area (Å²) < 4.78 is 10.8. The van der Waals surface area contributed by atoms with Crippen molar-refractivity contribution in [3.05, 3.63) is 51.0 Å². The number of Topliss-reactive ketones (excluding diaryl/α,β-unsaturated/α-hetero) is 2. The van der Waals surface area contributed by atoms with Gasteiger partial charge in [-0.2, -0.15) is 0 Å². The monoisotopic (exact) mass is 464 g/mol. The summed E-state index contributed by atoms with van der Waals surface area (Å²) in [5.41, 5.74) is -1.13. The third-order valence-corrected chi connectivity index (χ3v) is 4.31. The van der Waals surface area contributed by atoms with Crippen LogP contribution in [-0.2, 0) is 16.1 Å². The molecule has 0 aliphatic heterocycles. The van der Waals surface area contributed by atoms with Gasteiger partial charge in [-0.05, 0) is 31.5 Å². The van der Waals surface area contributed by atoms with Crippen molar-refractivity contribution in [2.24, 2.45) is 0 Å². The Morgan fingerprint density at radius 2 is 1.55 bits per heavy atom. The summed E-state index contributed by atoms with van der Waals surface area (Å²) in [5.74, 6) is -6.32. The molecular formula is C20H17BrO8. The average Bonchev–Trinajstić information content (AvgIpc) is 2.62. The van der Waals surface area contributed by atoms with Crippen LogP contribution in [-0.4, -0.2) is 33.7 Å². The number of benzene rings is 2. The van der Waals surface area contributed by atoms with Crippen LogP contribution in [0, 0.1) is 0 Å². The van der Waals surface area contributed by atoms with E-state index >= 15 is 0 Å². The molecule has 0 saturated carbocycles. The molecule has 29 heavy (non-hydrogen) atoms. The van der Waals surface area contributed by atoms with Crippen molar-refractivity contribution >= 4 is 39.4 Å². The van der Waals surface area contributed by atoms with E-state index in [1.807, 2.05) is 0 Å². The van der Waals surface area contributed by atoms with E-state index in [4.69, 9.17) is 9.47 Å². The summed E-state index contributed by atoms with van der Waals surface area (Å²) in [7, 11) is 0. The Kier molecular flexibility index (Phi) is 6.76. The fraction of sp³-hybridized carbons (Fsp3) is 0.200. The lowest BCUT2D eigenvalue weighted by Crippen LogP contribution is -2.18. The van der Waals surface area contributed by atoms with Gasteiger partial charge in [0.1, 0.15) is 6.61 Å². The van der Waals surface area contributed by atoms with Gasteiger partial charge in [0.2, 0.25) is 5.75 Å². The highest BCUT2D eigenvalue weighted by molar-refractivity contribution is 9.10. The van der Waals surface area contributed by atoms with E-state index in [-0.39, 0.29) is 6.61 Å². The van der Waals surface area contributed by atoms with Gasteiger partial charge in [0, 0.05) is 11.4 Å². The number of ether oxygens (including phenoxy) is 2. The Hall–Kier alpha value is -3.20. The molecule has 0 fully saturated rings. The lowest BCUT2D eigenvalue weighted by Gasteiger charge is -2.18. The lowest BCUT2D eigenvalue weighted by atomic mass is 9.93. The zero-order valence-corrected chi connectivity index (χ0v) is 17.3. The molecule has 0 aliphatic rings. The molecule has 2 aromatic carbocycles. The van der Waals surface area contributed by atoms with Crippen LogP contribution in [0.25, 0.3) is 0 Å². The van der Waals surface area contributed by atoms with Crippen LogP contribution in [0.2, 0.25) is 0 Å². The Balaban J connectivity index is 2.64. The topological polar surface area (TPSA) is 127 Å². The van der Waals surface area contributed by atoms with E-state index < -0.39 is 57.4 Å². The minimum atomic E-state index is -1.11. The van der Waals surface area contributed by atoms with Crippen LogP contribution in [0.1, 0.15) is 57.4 Å². The molecule has 0 atom stereocenters. The van der Waals surface area contributed by atoms with Crippen LogP contribution in [0.15, 0.2) is 28.7 Å². The summed E-state index contributed by atoms with van der Waals surface area (Å²) in [6.45, 7) is 2.89. The van der Waals surface area contributed by atoms with Crippen molar-refractivity contribution in [3.8, 4) is 17.2 Å². The van der Waals surface area contributed by atoms with Crippen molar-refractivity contribution in [3.63, 3.8) is 0 Å². The molecule has 2 aromatic rings. The van der Waals surface area contributed by atoms with E-state index in [0.717, 1.165) is 25.2 Å². The molecule has 0 radical (unpaired) electrons. The molecule has 0 unspecified atom stereocenters. The molecule has 0 spiro atoms. The third-order valence-electron chi connectivity index (χ3n) is 3.82. The molecule has 0 bridgehead atoms. The van der Waals surface area contributed by atoms with E-state index in [2.05, 4.69) is 15.9 Å². The maximum Gasteiger partial charge on any atom is 0.340 e. The van der Waals surface area contributed by atoms with Gasteiger partial charge >= 0.3 is 11.9 Å². The van der Waals surface area contributed by atoms with Crippen LogP contribution in [0.4, 0.5) is 0 Å². The number of hydrogen-bond donors (Lipinski definition) is 2. The molecule has 0 amide bonds. The number of hydrogen-bond acceptors (Lipinski definition) is 8. The maximum atomic E-state index is 12.8. The minimum Gasteiger partial charge on any atom is -0.504 e. The average molecular weight is 465 g/mol. The van der Waals surface area contributed by atoms with Gasteiger partial charge in [-0.25, -0.2) is 4.79 Å². The van der Waals surface area contributed by atoms with Gasteiger partial charge in [-0.15, -0.1) is 0 Å². The van der Waals surface area contributed by atoms with Crippen molar-refractivity contribution in [1.29, 1.82) is 0 Å². The molecule has 0 aromatic heterocycles. The van der Waals surface area contributed by atoms with Gasteiger partial charge in [0.25, 0.3) is 0 Å². The number of halogens is 1. The second-order valence-electron chi connectivity index (χ2n) is 6.06. The Labute approximate surface area is 174 Å². The van der Waals surface area contributed by atoms with Crippen LogP contribution < -0.4 is 4.74 Å². The molecule has 152 valence electrons. The first-order valence-corrected chi connectivity index (χ1v) is 9.07. The van der Waals surface area contributed by atoms with Crippen LogP contribution >= 0.6 is 15.9 Å². The van der Waals surface area contributed by atoms with E-state index in [1.54, 1.807) is 24.3 Å². The van der Waals surface area contributed by atoms with Crippen molar-refractivity contribution < 1.29 is 38.9 Å². The number of rotatable bonds is 6. The number of carbonyl (C=O) groups excluding carboxylic acids is 4. The van der Waals surface area contributed by atoms with Crippen LogP contribution in [0.5, 0.6) is 17.2 Å². The fourth-order valence-electron chi connectivity index (χ4n) is 2.67. The lowest BCUT2D eigenvalue weighted by molar-refractivity contribution is -0.132. The molecule has 9 heteroatoms. The molecule has 0 saturated heterocycles. The molecular weight excluding hydrogens is 448 g/mol. The second-order valence-corrected chi connectivity index (χ2v) is 6.98. The van der Waals surface area contributed by atoms with Crippen molar-refractivity contribution in [1.82, 2.24) is 0 Å². The Morgan fingerprint density at radius 1 is 0.931 bits per heavy atom. The predicted octanol–water partition coefficient (Wildman–Crippen LogP) is 3.55. The molecule has 0 aliphatic carbocycles. The molecule has 2 rings (SSSR count). The largest absolute Gasteiger partial charge is 0.504 e. The van der Waals surface area contributed by atoms with E-state index in [1.165, 1.54) is 0 Å².